The second kappa shape index (κ2) is 11.9. The van der Waals surface area contributed by atoms with Crippen molar-refractivity contribution in [3.8, 4) is 29.0 Å². The molecule has 0 aliphatic heterocycles. The molecule has 2 aromatic carbocycles. The number of anilines is 1. The van der Waals surface area contributed by atoms with Crippen molar-refractivity contribution in [2.75, 3.05) is 25.6 Å². The van der Waals surface area contributed by atoms with E-state index in [-0.39, 0.29) is 6.01 Å². The first-order valence-electron chi connectivity index (χ1n) is 11.6. The van der Waals surface area contributed by atoms with Crippen LogP contribution in [0.25, 0.3) is 17.3 Å². The van der Waals surface area contributed by atoms with Crippen LogP contribution in [-0.4, -0.2) is 46.2 Å². The maximum atomic E-state index is 10.1. The van der Waals surface area contributed by atoms with E-state index in [0.29, 0.717) is 37.6 Å². The first-order valence-corrected chi connectivity index (χ1v) is 11.6. The summed E-state index contributed by atoms with van der Waals surface area (Å²) in [6, 6.07) is 19.5. The minimum Gasteiger partial charge on any atom is -0.497 e. The molecule has 0 aliphatic carbocycles. The second-order valence-electron chi connectivity index (χ2n) is 8.00. The van der Waals surface area contributed by atoms with E-state index in [0.717, 1.165) is 29.1 Å². The van der Waals surface area contributed by atoms with E-state index in [4.69, 9.17) is 13.9 Å². The van der Waals surface area contributed by atoms with Crippen molar-refractivity contribution < 1.29 is 19.0 Å². The molecular formula is C27H30N4O4. The number of furan rings is 1. The Kier molecular flexibility index (Phi) is 8.19. The summed E-state index contributed by atoms with van der Waals surface area (Å²) >= 11 is 0. The van der Waals surface area contributed by atoms with Crippen LogP contribution in [0.4, 0.5) is 5.69 Å². The summed E-state index contributed by atoms with van der Waals surface area (Å²) in [5.74, 6) is 1.94. The monoisotopic (exact) mass is 474 g/mol. The number of aromatic nitrogens is 3. The fourth-order valence-electron chi connectivity index (χ4n) is 3.55. The summed E-state index contributed by atoms with van der Waals surface area (Å²) in [6.45, 7) is 4.57. The highest BCUT2D eigenvalue weighted by Crippen LogP contribution is 2.25. The second-order valence-corrected chi connectivity index (χ2v) is 8.00. The molecule has 1 atom stereocenters. The van der Waals surface area contributed by atoms with E-state index < -0.39 is 6.10 Å². The molecule has 0 radical (unpaired) electrons. The number of nitrogens with zero attached hydrogens (tertiary/aromatic N) is 3. The summed E-state index contributed by atoms with van der Waals surface area (Å²) in [5.41, 5.74) is 2.79. The standard InChI is InChI=1S/C27H30N4O4/c1-3-4-9-23(32)19-28-21-7-5-8-22(18-21)31-26(25-10-6-16-34-25)29-27(30-31)35-17-15-20-11-13-24(33-2)14-12-20/h3,5-8,10-14,16,18,23,28,32H,1,4,9,15,17,19H2,2H3. The van der Waals surface area contributed by atoms with Crippen molar-refractivity contribution in [2.24, 2.45) is 0 Å². The van der Waals surface area contributed by atoms with Crippen molar-refractivity contribution in [2.45, 2.75) is 25.4 Å². The molecule has 0 aliphatic rings. The van der Waals surface area contributed by atoms with Gasteiger partial charge in [0.05, 0.1) is 31.8 Å². The SMILES string of the molecule is C=CCCC(O)CNc1cccc(-n2nc(OCCc3ccc(OC)cc3)nc2-c2ccco2)c1. The number of aliphatic hydroxyl groups excluding tert-OH is 1. The zero-order chi connectivity index (χ0) is 24.5. The maximum Gasteiger partial charge on any atom is 0.336 e. The molecule has 0 fully saturated rings. The van der Waals surface area contributed by atoms with Crippen LogP contribution < -0.4 is 14.8 Å². The van der Waals surface area contributed by atoms with Crippen LogP contribution in [0.3, 0.4) is 0 Å². The number of benzene rings is 2. The van der Waals surface area contributed by atoms with Gasteiger partial charge >= 0.3 is 6.01 Å². The molecule has 8 heteroatoms. The average molecular weight is 475 g/mol. The predicted molar refractivity (Wildman–Crippen MR) is 135 cm³/mol. The Morgan fingerprint density at radius 2 is 2.03 bits per heavy atom. The van der Waals surface area contributed by atoms with Crippen LogP contribution in [-0.2, 0) is 6.42 Å². The van der Waals surface area contributed by atoms with E-state index in [1.54, 1.807) is 30.2 Å². The van der Waals surface area contributed by atoms with Gasteiger partial charge in [-0.15, -0.1) is 11.7 Å². The highest BCUT2D eigenvalue weighted by Gasteiger charge is 2.17. The number of allylic oxidation sites excluding steroid dienone is 1. The smallest absolute Gasteiger partial charge is 0.336 e. The number of nitrogens with one attached hydrogen (secondary N) is 1. The largest absolute Gasteiger partial charge is 0.497 e. The fourth-order valence-corrected chi connectivity index (χ4v) is 3.55. The molecule has 2 aromatic heterocycles. The zero-order valence-corrected chi connectivity index (χ0v) is 19.8. The minimum atomic E-state index is -0.451. The Hall–Kier alpha value is -4.04. The minimum absolute atomic E-state index is 0.267. The molecule has 8 nitrogen and oxygen atoms in total. The van der Waals surface area contributed by atoms with Crippen molar-refractivity contribution in [3.63, 3.8) is 0 Å². The van der Waals surface area contributed by atoms with Crippen molar-refractivity contribution in [1.82, 2.24) is 14.8 Å². The zero-order valence-electron chi connectivity index (χ0n) is 19.8. The quantitative estimate of drug-likeness (QED) is 0.266. The van der Waals surface area contributed by atoms with Crippen LogP contribution >= 0.6 is 0 Å². The molecule has 0 amide bonds. The van der Waals surface area contributed by atoms with E-state index >= 15 is 0 Å². The Balaban J connectivity index is 1.48. The lowest BCUT2D eigenvalue weighted by Crippen LogP contribution is -2.19. The third kappa shape index (κ3) is 6.51. The van der Waals surface area contributed by atoms with Gasteiger partial charge in [-0.05, 0) is 60.9 Å². The molecule has 4 aromatic rings. The van der Waals surface area contributed by atoms with Crippen LogP contribution in [0.5, 0.6) is 11.8 Å². The Morgan fingerprint density at radius 1 is 1.17 bits per heavy atom. The Morgan fingerprint density at radius 3 is 2.77 bits per heavy atom. The summed E-state index contributed by atoms with van der Waals surface area (Å²) in [6.07, 6.45) is 5.10. The van der Waals surface area contributed by atoms with Crippen molar-refractivity contribution in [3.05, 3.63) is 85.1 Å². The van der Waals surface area contributed by atoms with Crippen LogP contribution in [0.15, 0.2) is 84.0 Å². The average Bonchev–Trinajstić information content (AvgIpc) is 3.57. The summed E-state index contributed by atoms with van der Waals surface area (Å²) < 4.78 is 18.4. The van der Waals surface area contributed by atoms with Crippen LogP contribution in [0.2, 0.25) is 0 Å². The van der Waals surface area contributed by atoms with Gasteiger partial charge in [-0.25, -0.2) is 4.68 Å². The van der Waals surface area contributed by atoms with E-state index in [9.17, 15) is 5.11 Å². The van der Waals surface area contributed by atoms with Gasteiger partial charge in [0.1, 0.15) is 5.75 Å². The van der Waals surface area contributed by atoms with Gasteiger partial charge in [0, 0.05) is 18.7 Å². The number of methoxy groups -OCH3 is 1. The van der Waals surface area contributed by atoms with Gasteiger partial charge < -0.3 is 24.3 Å². The maximum absolute atomic E-state index is 10.1. The van der Waals surface area contributed by atoms with Gasteiger partial charge in [0.15, 0.2) is 5.76 Å². The molecule has 2 heterocycles. The molecule has 182 valence electrons. The summed E-state index contributed by atoms with van der Waals surface area (Å²) in [4.78, 5) is 4.57. The number of hydrogen-bond acceptors (Lipinski definition) is 7. The lowest BCUT2D eigenvalue weighted by Gasteiger charge is -2.13. The normalized spacial score (nSPS) is 11.7. The topological polar surface area (TPSA) is 94.6 Å². The fraction of sp³-hybridized carbons (Fsp3) is 0.259. The number of ether oxygens (including phenoxy) is 2. The van der Waals surface area contributed by atoms with Crippen molar-refractivity contribution in [1.29, 1.82) is 0 Å². The van der Waals surface area contributed by atoms with Crippen molar-refractivity contribution >= 4 is 5.69 Å². The molecular weight excluding hydrogens is 444 g/mol. The van der Waals surface area contributed by atoms with Gasteiger partial charge in [0.25, 0.3) is 0 Å². The molecule has 35 heavy (non-hydrogen) atoms. The summed E-state index contributed by atoms with van der Waals surface area (Å²) in [7, 11) is 1.65. The number of rotatable bonds is 13. The number of aliphatic hydroxyl groups is 1. The van der Waals surface area contributed by atoms with Crippen LogP contribution in [0, 0.1) is 0 Å². The molecule has 2 N–H and O–H groups in total. The molecule has 0 bridgehead atoms. The molecule has 0 saturated carbocycles. The third-order valence-corrected chi connectivity index (χ3v) is 5.45. The highest BCUT2D eigenvalue weighted by atomic mass is 16.5. The van der Waals surface area contributed by atoms with Gasteiger partial charge in [0.2, 0.25) is 5.82 Å². The van der Waals surface area contributed by atoms with E-state index in [2.05, 4.69) is 22.0 Å². The predicted octanol–water partition coefficient (Wildman–Crippen LogP) is 4.90. The molecule has 1 unspecified atom stereocenters. The molecule has 4 rings (SSSR count). The first-order chi connectivity index (χ1) is 17.2. The molecule has 0 spiro atoms. The first kappa shape index (κ1) is 24.1. The Labute approximate surface area is 204 Å². The van der Waals surface area contributed by atoms with Gasteiger partial charge in [-0.2, -0.15) is 4.98 Å². The summed E-state index contributed by atoms with van der Waals surface area (Å²) in [5, 5.41) is 18.0. The molecule has 0 saturated heterocycles. The lowest BCUT2D eigenvalue weighted by atomic mass is 10.1. The van der Waals surface area contributed by atoms with E-state index in [1.165, 1.54) is 0 Å². The lowest BCUT2D eigenvalue weighted by molar-refractivity contribution is 0.178. The highest BCUT2D eigenvalue weighted by molar-refractivity contribution is 5.56. The van der Waals surface area contributed by atoms with Gasteiger partial charge in [-0.1, -0.05) is 24.3 Å². The van der Waals surface area contributed by atoms with Gasteiger partial charge in [-0.3, -0.25) is 0 Å². The van der Waals surface area contributed by atoms with E-state index in [1.807, 2.05) is 54.6 Å². The number of hydrogen-bond donors (Lipinski definition) is 2. The Bertz CT molecular complexity index is 1200. The third-order valence-electron chi connectivity index (χ3n) is 5.45. The van der Waals surface area contributed by atoms with Crippen LogP contribution in [0.1, 0.15) is 18.4 Å².